The number of carbonyl (C=O) groups excluding carboxylic acids is 1. The highest BCUT2D eigenvalue weighted by Crippen LogP contribution is 2.36. The molecule has 3 rings (SSSR count). The molecule has 2 aromatic rings. The molecule has 1 heterocycles. The molecule has 3 N–H and O–H groups in total. The normalized spacial score (nSPS) is 24.7. The third-order valence-electron chi connectivity index (χ3n) is 5.56. The van der Waals surface area contributed by atoms with Gasteiger partial charge < -0.3 is 29.7 Å². The number of hydrogen-bond acceptors (Lipinski definition) is 6. The standard InChI is InChI=1S/C24H30ClNO6/c1-14(27)26-12-11-15-9-10-16(13-18(15)17-7-5-6-8-19(17)25)31-23-21(29)20(28)22(30-4)24(2,3)32-23/h5-10,13,20-23,28-29H,11-12H2,1-4H3,(H,26,27)/t20-,21-,22+,23?/m0/s1. The van der Waals surface area contributed by atoms with Crippen molar-refractivity contribution < 1.29 is 29.2 Å². The number of nitrogens with one attached hydrogen (secondary N) is 1. The molecule has 1 aliphatic heterocycles. The van der Waals surface area contributed by atoms with Crippen LogP contribution in [-0.4, -0.2) is 60.0 Å². The van der Waals surface area contributed by atoms with Gasteiger partial charge in [-0.3, -0.25) is 4.79 Å². The molecule has 7 nitrogen and oxygen atoms in total. The summed E-state index contributed by atoms with van der Waals surface area (Å²) in [6, 6.07) is 12.9. The Morgan fingerprint density at radius 2 is 1.88 bits per heavy atom. The summed E-state index contributed by atoms with van der Waals surface area (Å²) in [6.07, 6.45) is -3.66. The Bertz CT molecular complexity index is 950. The average molecular weight is 464 g/mol. The number of hydrogen-bond donors (Lipinski definition) is 3. The van der Waals surface area contributed by atoms with Gasteiger partial charge in [0.05, 0.1) is 5.60 Å². The zero-order valence-corrected chi connectivity index (χ0v) is 19.4. The van der Waals surface area contributed by atoms with Crippen LogP contribution in [0.3, 0.4) is 0 Å². The van der Waals surface area contributed by atoms with Gasteiger partial charge in [-0.2, -0.15) is 0 Å². The molecule has 2 aromatic carbocycles. The monoisotopic (exact) mass is 463 g/mol. The first-order valence-electron chi connectivity index (χ1n) is 10.5. The molecule has 0 spiro atoms. The van der Waals surface area contributed by atoms with Crippen LogP contribution in [0, 0.1) is 0 Å². The summed E-state index contributed by atoms with van der Waals surface area (Å²) in [5, 5.41) is 24.4. The molecule has 1 aliphatic rings. The Morgan fingerprint density at radius 1 is 1.16 bits per heavy atom. The van der Waals surface area contributed by atoms with Crippen molar-refractivity contribution in [2.45, 2.75) is 57.4 Å². The number of amides is 1. The molecule has 1 saturated heterocycles. The molecule has 0 aliphatic carbocycles. The van der Waals surface area contributed by atoms with E-state index < -0.39 is 30.2 Å². The van der Waals surface area contributed by atoms with Crippen LogP contribution < -0.4 is 10.1 Å². The molecule has 1 amide bonds. The molecular weight excluding hydrogens is 434 g/mol. The summed E-state index contributed by atoms with van der Waals surface area (Å²) >= 11 is 6.45. The molecule has 174 valence electrons. The fourth-order valence-electron chi connectivity index (χ4n) is 3.99. The summed E-state index contributed by atoms with van der Waals surface area (Å²) < 4.78 is 17.2. The number of benzene rings is 2. The van der Waals surface area contributed by atoms with Gasteiger partial charge in [0.1, 0.15) is 24.1 Å². The topological polar surface area (TPSA) is 97.3 Å². The van der Waals surface area contributed by atoms with Gasteiger partial charge in [0, 0.05) is 31.2 Å². The van der Waals surface area contributed by atoms with Crippen molar-refractivity contribution >= 4 is 17.5 Å². The number of aliphatic hydroxyl groups is 2. The molecule has 0 saturated carbocycles. The van der Waals surface area contributed by atoms with Gasteiger partial charge >= 0.3 is 0 Å². The molecule has 32 heavy (non-hydrogen) atoms. The van der Waals surface area contributed by atoms with Gasteiger partial charge in [-0.15, -0.1) is 0 Å². The number of aliphatic hydroxyl groups excluding tert-OH is 2. The summed E-state index contributed by atoms with van der Waals surface area (Å²) in [5.74, 6) is 0.356. The van der Waals surface area contributed by atoms with E-state index in [4.69, 9.17) is 25.8 Å². The van der Waals surface area contributed by atoms with E-state index in [1.807, 2.05) is 30.3 Å². The van der Waals surface area contributed by atoms with Gasteiger partial charge in [-0.1, -0.05) is 35.9 Å². The fraction of sp³-hybridized carbons (Fsp3) is 0.458. The molecule has 4 atom stereocenters. The van der Waals surface area contributed by atoms with Crippen molar-refractivity contribution in [3.8, 4) is 16.9 Å². The first kappa shape index (κ1) is 24.5. The molecule has 8 heteroatoms. The molecule has 1 fully saturated rings. The van der Waals surface area contributed by atoms with Gasteiger partial charge in [-0.25, -0.2) is 0 Å². The predicted molar refractivity (Wildman–Crippen MR) is 122 cm³/mol. The Morgan fingerprint density at radius 3 is 2.53 bits per heavy atom. The third kappa shape index (κ3) is 5.42. The van der Waals surface area contributed by atoms with Crippen LogP contribution >= 0.6 is 11.6 Å². The second-order valence-corrected chi connectivity index (χ2v) is 8.78. The summed E-state index contributed by atoms with van der Waals surface area (Å²) in [7, 11) is 1.46. The van der Waals surface area contributed by atoms with E-state index in [1.54, 1.807) is 26.0 Å². The Balaban J connectivity index is 1.90. The van der Waals surface area contributed by atoms with Gasteiger partial charge in [-0.05, 0) is 49.6 Å². The third-order valence-corrected chi connectivity index (χ3v) is 5.89. The second-order valence-electron chi connectivity index (χ2n) is 8.38. The van der Waals surface area contributed by atoms with Gasteiger partial charge in [0.25, 0.3) is 0 Å². The summed E-state index contributed by atoms with van der Waals surface area (Å²) in [4.78, 5) is 11.3. The van der Waals surface area contributed by atoms with Crippen molar-refractivity contribution in [1.29, 1.82) is 0 Å². The maximum atomic E-state index is 11.3. The number of halogens is 1. The van der Waals surface area contributed by atoms with Crippen LogP contribution in [0.25, 0.3) is 11.1 Å². The van der Waals surface area contributed by atoms with Crippen molar-refractivity contribution in [3.05, 3.63) is 53.1 Å². The van der Waals surface area contributed by atoms with Crippen LogP contribution in [0.2, 0.25) is 5.02 Å². The lowest BCUT2D eigenvalue weighted by Crippen LogP contribution is -2.63. The van der Waals surface area contributed by atoms with Gasteiger partial charge in [0.15, 0.2) is 0 Å². The smallest absolute Gasteiger partial charge is 0.229 e. The Hall–Kier alpha value is -2.16. The zero-order valence-electron chi connectivity index (χ0n) is 18.7. The van der Waals surface area contributed by atoms with E-state index in [1.165, 1.54) is 14.0 Å². The first-order chi connectivity index (χ1) is 15.1. The lowest BCUT2D eigenvalue weighted by atomic mass is 9.89. The highest BCUT2D eigenvalue weighted by atomic mass is 35.5. The Kier molecular flexibility index (Phi) is 7.79. The van der Waals surface area contributed by atoms with E-state index in [9.17, 15) is 15.0 Å². The van der Waals surface area contributed by atoms with Crippen LogP contribution in [0.4, 0.5) is 0 Å². The van der Waals surface area contributed by atoms with E-state index in [0.29, 0.717) is 23.7 Å². The van der Waals surface area contributed by atoms with E-state index >= 15 is 0 Å². The minimum atomic E-state index is -1.30. The second kappa shape index (κ2) is 10.2. The van der Waals surface area contributed by atoms with Crippen LogP contribution in [0.1, 0.15) is 26.3 Å². The van der Waals surface area contributed by atoms with Crippen molar-refractivity contribution in [2.24, 2.45) is 0 Å². The number of methoxy groups -OCH3 is 1. The SMILES string of the molecule is CO[C@@H]1[C@@H](O)[C@H](O)C(Oc2ccc(CCNC(C)=O)c(-c3ccccc3Cl)c2)OC1(C)C. The molecule has 0 radical (unpaired) electrons. The maximum absolute atomic E-state index is 11.3. The number of carbonyl (C=O) groups is 1. The quantitative estimate of drug-likeness (QED) is 0.584. The molecule has 0 aromatic heterocycles. The van der Waals surface area contributed by atoms with Crippen LogP contribution in [0.15, 0.2) is 42.5 Å². The van der Waals surface area contributed by atoms with Crippen molar-refractivity contribution in [3.63, 3.8) is 0 Å². The predicted octanol–water partition coefficient (Wildman–Crippen LogP) is 2.94. The summed E-state index contributed by atoms with van der Waals surface area (Å²) in [5.41, 5.74) is 1.77. The molecule has 1 unspecified atom stereocenters. The maximum Gasteiger partial charge on any atom is 0.229 e. The molecular formula is C24H30ClNO6. The van der Waals surface area contributed by atoms with E-state index in [2.05, 4.69) is 5.32 Å². The average Bonchev–Trinajstić information content (AvgIpc) is 2.73. The lowest BCUT2D eigenvalue weighted by molar-refractivity contribution is -0.305. The lowest BCUT2D eigenvalue weighted by Gasteiger charge is -2.46. The minimum Gasteiger partial charge on any atom is -0.462 e. The number of rotatable bonds is 7. The van der Waals surface area contributed by atoms with E-state index in [0.717, 1.165) is 16.7 Å². The largest absolute Gasteiger partial charge is 0.462 e. The van der Waals surface area contributed by atoms with Crippen LogP contribution in [-0.2, 0) is 20.7 Å². The minimum absolute atomic E-state index is 0.0942. The van der Waals surface area contributed by atoms with Crippen LogP contribution in [0.5, 0.6) is 5.75 Å². The summed E-state index contributed by atoms with van der Waals surface area (Å²) in [6.45, 7) is 5.50. The van der Waals surface area contributed by atoms with Gasteiger partial charge in [0.2, 0.25) is 12.2 Å². The molecule has 0 bridgehead atoms. The highest BCUT2D eigenvalue weighted by molar-refractivity contribution is 6.33. The Labute approximate surface area is 193 Å². The zero-order chi connectivity index (χ0) is 23.5. The first-order valence-corrected chi connectivity index (χ1v) is 10.9. The highest BCUT2D eigenvalue weighted by Gasteiger charge is 2.50. The van der Waals surface area contributed by atoms with Crippen molar-refractivity contribution in [1.82, 2.24) is 5.32 Å². The fourth-order valence-corrected chi connectivity index (χ4v) is 4.23. The van der Waals surface area contributed by atoms with Crippen molar-refractivity contribution in [2.75, 3.05) is 13.7 Å². The number of ether oxygens (including phenoxy) is 3. The van der Waals surface area contributed by atoms with E-state index in [-0.39, 0.29) is 5.91 Å².